The minimum Gasteiger partial charge on any atom is -0.478 e. The van der Waals surface area contributed by atoms with Gasteiger partial charge in [-0.3, -0.25) is 4.79 Å². The molecular formula is C21H22FNO4. The van der Waals surface area contributed by atoms with Crippen molar-refractivity contribution in [2.24, 2.45) is 0 Å². The molecule has 6 heteroatoms. The second-order valence-corrected chi connectivity index (χ2v) is 6.65. The van der Waals surface area contributed by atoms with E-state index in [0.717, 1.165) is 24.0 Å². The fourth-order valence-corrected chi connectivity index (χ4v) is 3.24. The molecule has 142 valence electrons. The lowest BCUT2D eigenvalue weighted by molar-refractivity contribution is -0.122. The maximum Gasteiger partial charge on any atom is 0.335 e. The summed E-state index contributed by atoms with van der Waals surface area (Å²) < 4.78 is 19.0. The highest BCUT2D eigenvalue weighted by Crippen LogP contribution is 2.27. The normalized spacial score (nSPS) is 17.4. The van der Waals surface area contributed by atoms with E-state index in [0.29, 0.717) is 13.0 Å². The van der Waals surface area contributed by atoms with Crippen LogP contribution in [0.2, 0.25) is 0 Å². The molecule has 1 heterocycles. The molecule has 2 aromatic carbocycles. The average molecular weight is 371 g/mol. The monoisotopic (exact) mass is 371 g/mol. The first kappa shape index (κ1) is 19.0. The molecule has 0 spiro atoms. The number of hydrogen-bond donors (Lipinski definition) is 2. The molecule has 5 nitrogen and oxygen atoms in total. The van der Waals surface area contributed by atoms with E-state index in [4.69, 9.17) is 9.84 Å². The lowest BCUT2D eigenvalue weighted by Crippen LogP contribution is -2.36. The Bertz CT molecular complexity index is 783. The average Bonchev–Trinajstić information content (AvgIpc) is 3.20. The summed E-state index contributed by atoms with van der Waals surface area (Å²) in [6, 6.07) is 12.3. The zero-order valence-electron chi connectivity index (χ0n) is 14.9. The summed E-state index contributed by atoms with van der Waals surface area (Å²) >= 11 is 0. The summed E-state index contributed by atoms with van der Waals surface area (Å²) in [5, 5.41) is 11.9. The molecule has 0 radical (unpaired) electrons. The largest absolute Gasteiger partial charge is 0.478 e. The Morgan fingerprint density at radius 2 is 1.85 bits per heavy atom. The highest BCUT2D eigenvalue weighted by molar-refractivity contribution is 5.87. The van der Waals surface area contributed by atoms with Gasteiger partial charge in [0.2, 0.25) is 5.91 Å². The van der Waals surface area contributed by atoms with Crippen molar-refractivity contribution in [3.63, 3.8) is 0 Å². The molecule has 1 aliphatic heterocycles. The van der Waals surface area contributed by atoms with Crippen LogP contribution >= 0.6 is 0 Å². The Kier molecular flexibility index (Phi) is 6.19. The van der Waals surface area contributed by atoms with E-state index < -0.39 is 5.97 Å². The van der Waals surface area contributed by atoms with Crippen LogP contribution in [0, 0.1) is 5.82 Å². The molecular weight excluding hydrogens is 349 g/mol. The Hall–Kier alpha value is -2.73. The number of ether oxygens (including phenoxy) is 1. The SMILES string of the molecule is O=C(CCc1ccc(C(=O)O)cc1)NC(c1ccc(F)cc1)C1CCCO1. The summed E-state index contributed by atoms with van der Waals surface area (Å²) in [6.07, 6.45) is 2.45. The molecule has 0 saturated carbocycles. The van der Waals surface area contributed by atoms with Crippen molar-refractivity contribution in [3.05, 3.63) is 71.0 Å². The van der Waals surface area contributed by atoms with E-state index in [1.165, 1.54) is 24.3 Å². The van der Waals surface area contributed by atoms with Crippen LogP contribution in [0.1, 0.15) is 46.8 Å². The van der Waals surface area contributed by atoms with Gasteiger partial charge in [-0.2, -0.15) is 0 Å². The van der Waals surface area contributed by atoms with Crippen molar-refractivity contribution in [1.82, 2.24) is 5.32 Å². The highest BCUT2D eigenvalue weighted by atomic mass is 19.1. The van der Waals surface area contributed by atoms with Crippen LogP contribution in [-0.4, -0.2) is 29.7 Å². The number of carboxylic acids is 1. The van der Waals surface area contributed by atoms with Gasteiger partial charge in [-0.05, 0) is 54.7 Å². The van der Waals surface area contributed by atoms with E-state index in [1.807, 2.05) is 0 Å². The van der Waals surface area contributed by atoms with Crippen LogP contribution in [0.15, 0.2) is 48.5 Å². The molecule has 1 saturated heterocycles. The van der Waals surface area contributed by atoms with Gasteiger partial charge in [0.25, 0.3) is 0 Å². The molecule has 3 rings (SSSR count). The zero-order chi connectivity index (χ0) is 19.2. The molecule has 0 bridgehead atoms. The van der Waals surface area contributed by atoms with E-state index in [1.54, 1.807) is 24.3 Å². The third-order valence-electron chi connectivity index (χ3n) is 4.72. The first-order valence-corrected chi connectivity index (χ1v) is 9.01. The number of amides is 1. The minimum absolute atomic E-state index is 0.116. The molecule has 2 N–H and O–H groups in total. The predicted molar refractivity (Wildman–Crippen MR) is 98.0 cm³/mol. The zero-order valence-corrected chi connectivity index (χ0v) is 14.9. The molecule has 2 atom stereocenters. The maximum atomic E-state index is 13.2. The van der Waals surface area contributed by atoms with Gasteiger partial charge in [0.05, 0.1) is 17.7 Å². The Morgan fingerprint density at radius 3 is 2.44 bits per heavy atom. The van der Waals surface area contributed by atoms with Gasteiger partial charge in [-0.15, -0.1) is 0 Å². The molecule has 1 amide bonds. The predicted octanol–water partition coefficient (Wildman–Crippen LogP) is 3.49. The van der Waals surface area contributed by atoms with Crippen molar-refractivity contribution < 1.29 is 23.8 Å². The fourth-order valence-electron chi connectivity index (χ4n) is 3.24. The van der Waals surface area contributed by atoms with Gasteiger partial charge >= 0.3 is 5.97 Å². The number of rotatable bonds is 7. The van der Waals surface area contributed by atoms with Crippen LogP contribution in [-0.2, 0) is 16.0 Å². The van der Waals surface area contributed by atoms with Gasteiger partial charge in [0.1, 0.15) is 5.82 Å². The lowest BCUT2D eigenvalue weighted by Gasteiger charge is -2.25. The molecule has 0 aliphatic carbocycles. The molecule has 1 aliphatic rings. The second kappa shape index (κ2) is 8.77. The second-order valence-electron chi connectivity index (χ2n) is 6.65. The number of halogens is 1. The summed E-state index contributed by atoms with van der Waals surface area (Å²) in [4.78, 5) is 23.3. The maximum absolute atomic E-state index is 13.2. The molecule has 1 fully saturated rings. The van der Waals surface area contributed by atoms with E-state index in [2.05, 4.69) is 5.32 Å². The number of carbonyl (C=O) groups excluding carboxylic acids is 1. The number of hydrogen-bond acceptors (Lipinski definition) is 3. The molecule has 2 unspecified atom stereocenters. The van der Waals surface area contributed by atoms with Crippen molar-refractivity contribution in [2.45, 2.75) is 37.8 Å². The summed E-state index contributed by atoms with van der Waals surface area (Å²) in [7, 11) is 0. The third-order valence-corrected chi connectivity index (χ3v) is 4.72. The number of nitrogens with one attached hydrogen (secondary N) is 1. The summed E-state index contributed by atoms with van der Waals surface area (Å²) in [5.41, 5.74) is 1.94. The number of carboxylic acid groups (broad SMARTS) is 1. The quantitative estimate of drug-likeness (QED) is 0.781. The van der Waals surface area contributed by atoms with Crippen LogP contribution in [0.3, 0.4) is 0 Å². The van der Waals surface area contributed by atoms with E-state index in [9.17, 15) is 14.0 Å². The summed E-state index contributed by atoms with van der Waals surface area (Å²) in [6.45, 7) is 0.661. The van der Waals surface area contributed by atoms with Crippen LogP contribution in [0.25, 0.3) is 0 Å². The van der Waals surface area contributed by atoms with E-state index >= 15 is 0 Å². The number of aromatic carboxylic acids is 1. The van der Waals surface area contributed by atoms with Crippen LogP contribution < -0.4 is 5.32 Å². The molecule has 27 heavy (non-hydrogen) atoms. The fraction of sp³-hybridized carbons (Fsp3) is 0.333. The van der Waals surface area contributed by atoms with Crippen molar-refractivity contribution in [1.29, 1.82) is 0 Å². The number of aryl methyl sites for hydroxylation is 1. The number of benzene rings is 2. The smallest absolute Gasteiger partial charge is 0.335 e. The molecule has 2 aromatic rings. The Morgan fingerprint density at radius 1 is 1.15 bits per heavy atom. The van der Waals surface area contributed by atoms with Crippen molar-refractivity contribution in [2.75, 3.05) is 6.61 Å². The minimum atomic E-state index is -0.974. The van der Waals surface area contributed by atoms with Crippen molar-refractivity contribution >= 4 is 11.9 Å². The van der Waals surface area contributed by atoms with Crippen molar-refractivity contribution in [3.8, 4) is 0 Å². The van der Waals surface area contributed by atoms with Gasteiger partial charge in [0, 0.05) is 13.0 Å². The van der Waals surface area contributed by atoms with Gasteiger partial charge in [0.15, 0.2) is 0 Å². The van der Waals surface area contributed by atoms with Gasteiger partial charge in [-0.1, -0.05) is 24.3 Å². The van der Waals surface area contributed by atoms with Gasteiger partial charge < -0.3 is 15.2 Å². The Balaban J connectivity index is 1.61. The topological polar surface area (TPSA) is 75.6 Å². The van der Waals surface area contributed by atoms with Gasteiger partial charge in [-0.25, -0.2) is 9.18 Å². The number of carbonyl (C=O) groups is 2. The highest BCUT2D eigenvalue weighted by Gasteiger charge is 2.28. The first-order chi connectivity index (χ1) is 13.0. The first-order valence-electron chi connectivity index (χ1n) is 9.01. The van der Waals surface area contributed by atoms with Crippen LogP contribution in [0.5, 0.6) is 0 Å². The summed E-state index contributed by atoms with van der Waals surface area (Å²) in [5.74, 6) is -1.42. The molecule has 0 aromatic heterocycles. The van der Waals surface area contributed by atoms with E-state index in [-0.39, 0.29) is 35.9 Å². The Labute approximate surface area is 157 Å². The lowest BCUT2D eigenvalue weighted by atomic mass is 9.98. The third kappa shape index (κ3) is 5.14. The standard InChI is InChI=1S/C21H22FNO4/c22-17-10-8-15(9-11-17)20(18-2-1-13-27-18)23-19(24)12-5-14-3-6-16(7-4-14)21(25)26/h3-4,6-11,18,20H,1-2,5,12-13H2,(H,23,24)(H,25,26). The van der Waals surface area contributed by atoms with Crippen LogP contribution in [0.4, 0.5) is 4.39 Å².